The number of carbonyl (C=O) groups is 2. The number of benzene rings is 1. The molecule has 0 aromatic heterocycles. The number of amides is 1. The van der Waals surface area contributed by atoms with Crippen LogP contribution in [0.1, 0.15) is 35.2 Å². The number of carboxylic acid groups (broad SMARTS) is 1. The summed E-state index contributed by atoms with van der Waals surface area (Å²) >= 11 is 0. The molecule has 1 aromatic carbocycles. The highest BCUT2D eigenvalue weighted by atomic mass is 32.2. The van der Waals surface area contributed by atoms with Crippen molar-refractivity contribution in [2.75, 3.05) is 6.54 Å². The molecule has 1 heterocycles. The van der Waals surface area contributed by atoms with Gasteiger partial charge in [-0.2, -0.15) is 4.31 Å². The number of primary amides is 1. The molecule has 120 valence electrons. The number of aryl methyl sites for hydroxylation is 1. The van der Waals surface area contributed by atoms with Gasteiger partial charge in [-0.25, -0.2) is 8.42 Å². The number of hydrogen-bond donors (Lipinski definition) is 2. The molecule has 1 aliphatic rings. The van der Waals surface area contributed by atoms with Crippen molar-refractivity contribution in [1.82, 2.24) is 4.31 Å². The van der Waals surface area contributed by atoms with Crippen LogP contribution in [0.25, 0.3) is 0 Å². The zero-order valence-electron chi connectivity index (χ0n) is 12.2. The number of aliphatic carboxylic acids is 1. The van der Waals surface area contributed by atoms with E-state index in [9.17, 15) is 23.1 Å². The molecule has 1 atom stereocenters. The Morgan fingerprint density at radius 2 is 2.00 bits per heavy atom. The van der Waals surface area contributed by atoms with Crippen LogP contribution < -0.4 is 5.73 Å². The minimum Gasteiger partial charge on any atom is -0.480 e. The first-order valence-electron chi connectivity index (χ1n) is 6.90. The Bertz CT molecular complexity index is 714. The molecular weight excluding hydrogens is 308 g/mol. The Kier molecular flexibility index (Phi) is 4.52. The standard InChI is InChI=1S/C14H18N2O5S/c1-9-5-6-10(8-11(9)13(15)17)22(20,21)16-7-3-2-4-12(16)14(18)19/h5-6,8,12H,2-4,7H2,1H3,(H2,15,17)(H,18,19). The van der Waals surface area contributed by atoms with E-state index in [1.54, 1.807) is 6.92 Å². The lowest BCUT2D eigenvalue weighted by Gasteiger charge is -2.31. The Hall–Kier alpha value is -1.93. The minimum absolute atomic E-state index is 0.111. The molecule has 8 heteroatoms. The maximum atomic E-state index is 12.7. The third kappa shape index (κ3) is 2.97. The topological polar surface area (TPSA) is 118 Å². The van der Waals surface area contributed by atoms with Gasteiger partial charge in [0.25, 0.3) is 0 Å². The van der Waals surface area contributed by atoms with Crippen LogP contribution in [0.3, 0.4) is 0 Å². The molecular formula is C14H18N2O5S. The molecule has 3 N–H and O–H groups in total. The molecule has 1 aromatic rings. The van der Waals surface area contributed by atoms with Crippen LogP contribution in [0.4, 0.5) is 0 Å². The monoisotopic (exact) mass is 326 g/mol. The molecule has 0 saturated carbocycles. The number of sulfonamides is 1. The van der Waals surface area contributed by atoms with Gasteiger partial charge in [-0.1, -0.05) is 6.07 Å². The average Bonchev–Trinajstić information content (AvgIpc) is 2.47. The Morgan fingerprint density at radius 3 is 2.59 bits per heavy atom. The van der Waals surface area contributed by atoms with Gasteiger partial charge < -0.3 is 10.8 Å². The molecule has 2 rings (SSSR count). The van der Waals surface area contributed by atoms with Crippen molar-refractivity contribution in [3.8, 4) is 0 Å². The number of rotatable bonds is 4. The quantitative estimate of drug-likeness (QED) is 0.845. The first-order chi connectivity index (χ1) is 10.2. The first kappa shape index (κ1) is 16.4. The number of nitrogens with two attached hydrogens (primary N) is 1. The second kappa shape index (κ2) is 6.05. The van der Waals surface area contributed by atoms with Crippen molar-refractivity contribution >= 4 is 21.9 Å². The highest BCUT2D eigenvalue weighted by Crippen LogP contribution is 2.26. The summed E-state index contributed by atoms with van der Waals surface area (Å²) in [6.07, 6.45) is 1.56. The van der Waals surface area contributed by atoms with E-state index in [0.717, 1.165) is 4.31 Å². The molecule has 0 spiro atoms. The van der Waals surface area contributed by atoms with E-state index in [1.807, 2.05) is 0 Å². The highest BCUT2D eigenvalue weighted by molar-refractivity contribution is 7.89. The molecule has 0 bridgehead atoms. The lowest BCUT2D eigenvalue weighted by atomic mass is 10.1. The van der Waals surface area contributed by atoms with Gasteiger partial charge in [0.1, 0.15) is 6.04 Å². The minimum atomic E-state index is -3.98. The summed E-state index contributed by atoms with van der Waals surface area (Å²) in [5.41, 5.74) is 5.92. The number of carbonyl (C=O) groups excluding carboxylic acids is 1. The van der Waals surface area contributed by atoms with E-state index in [4.69, 9.17) is 5.73 Å². The van der Waals surface area contributed by atoms with E-state index in [0.29, 0.717) is 18.4 Å². The summed E-state index contributed by atoms with van der Waals surface area (Å²) in [5.74, 6) is -1.88. The molecule has 7 nitrogen and oxygen atoms in total. The van der Waals surface area contributed by atoms with Crippen molar-refractivity contribution in [3.05, 3.63) is 29.3 Å². The third-order valence-electron chi connectivity index (χ3n) is 3.82. The summed E-state index contributed by atoms with van der Waals surface area (Å²) in [4.78, 5) is 22.6. The predicted octanol–water partition coefficient (Wildman–Crippen LogP) is 0.722. The average molecular weight is 326 g/mol. The second-order valence-electron chi connectivity index (χ2n) is 5.31. The lowest BCUT2D eigenvalue weighted by molar-refractivity contribution is -0.142. The van der Waals surface area contributed by atoms with Crippen LogP contribution in [0.2, 0.25) is 0 Å². The zero-order valence-corrected chi connectivity index (χ0v) is 13.0. The van der Waals surface area contributed by atoms with Crippen LogP contribution in [-0.4, -0.2) is 42.3 Å². The van der Waals surface area contributed by atoms with Crippen LogP contribution in [0, 0.1) is 6.92 Å². The second-order valence-corrected chi connectivity index (χ2v) is 7.20. The van der Waals surface area contributed by atoms with Crippen molar-refractivity contribution < 1.29 is 23.1 Å². The first-order valence-corrected chi connectivity index (χ1v) is 8.34. The molecule has 1 fully saturated rings. The summed E-state index contributed by atoms with van der Waals surface area (Å²) < 4.78 is 26.4. The van der Waals surface area contributed by atoms with Gasteiger partial charge >= 0.3 is 5.97 Å². The van der Waals surface area contributed by atoms with Gasteiger partial charge in [0, 0.05) is 12.1 Å². The molecule has 0 aliphatic carbocycles. The highest BCUT2D eigenvalue weighted by Gasteiger charge is 2.37. The van der Waals surface area contributed by atoms with Gasteiger partial charge in [-0.3, -0.25) is 9.59 Å². The zero-order chi connectivity index (χ0) is 16.5. The summed E-state index contributed by atoms with van der Waals surface area (Å²) in [5, 5.41) is 9.23. The Labute approximate surface area is 128 Å². The molecule has 1 aliphatic heterocycles. The maximum absolute atomic E-state index is 12.7. The van der Waals surface area contributed by atoms with Gasteiger partial charge in [0.05, 0.1) is 4.90 Å². The summed E-state index contributed by atoms with van der Waals surface area (Å²) in [6.45, 7) is 1.80. The molecule has 1 amide bonds. The fraction of sp³-hybridized carbons (Fsp3) is 0.429. The van der Waals surface area contributed by atoms with Gasteiger partial charge in [-0.15, -0.1) is 0 Å². The van der Waals surface area contributed by atoms with Crippen molar-refractivity contribution in [2.45, 2.75) is 37.1 Å². The van der Waals surface area contributed by atoms with E-state index < -0.39 is 27.9 Å². The Morgan fingerprint density at radius 1 is 1.32 bits per heavy atom. The van der Waals surface area contributed by atoms with Crippen LogP contribution in [-0.2, 0) is 14.8 Å². The fourth-order valence-electron chi connectivity index (χ4n) is 2.60. The van der Waals surface area contributed by atoms with Crippen LogP contribution >= 0.6 is 0 Å². The van der Waals surface area contributed by atoms with E-state index in [-0.39, 0.29) is 23.4 Å². The normalized spacial score (nSPS) is 19.8. The smallest absolute Gasteiger partial charge is 0.322 e. The number of carboxylic acids is 1. The van der Waals surface area contributed by atoms with Crippen molar-refractivity contribution in [1.29, 1.82) is 0 Å². The number of nitrogens with zero attached hydrogens (tertiary/aromatic N) is 1. The maximum Gasteiger partial charge on any atom is 0.322 e. The largest absolute Gasteiger partial charge is 0.480 e. The van der Waals surface area contributed by atoms with Gasteiger partial charge in [0.2, 0.25) is 15.9 Å². The SMILES string of the molecule is Cc1ccc(S(=O)(=O)N2CCCCC2C(=O)O)cc1C(N)=O. The van der Waals surface area contributed by atoms with E-state index >= 15 is 0 Å². The lowest BCUT2D eigenvalue weighted by Crippen LogP contribution is -2.47. The molecule has 1 saturated heterocycles. The fourth-order valence-corrected chi connectivity index (χ4v) is 4.28. The van der Waals surface area contributed by atoms with Crippen molar-refractivity contribution in [2.24, 2.45) is 5.73 Å². The number of hydrogen-bond acceptors (Lipinski definition) is 4. The van der Waals surface area contributed by atoms with Crippen LogP contribution in [0.5, 0.6) is 0 Å². The molecule has 22 heavy (non-hydrogen) atoms. The summed E-state index contributed by atoms with van der Waals surface area (Å²) in [6, 6.07) is 3.00. The summed E-state index contributed by atoms with van der Waals surface area (Å²) in [7, 11) is -3.98. The molecule has 0 radical (unpaired) electrons. The van der Waals surface area contributed by atoms with E-state index in [1.165, 1.54) is 18.2 Å². The van der Waals surface area contributed by atoms with Gasteiger partial charge in [-0.05, 0) is 43.9 Å². The van der Waals surface area contributed by atoms with Crippen molar-refractivity contribution in [3.63, 3.8) is 0 Å². The number of piperidine rings is 1. The van der Waals surface area contributed by atoms with Crippen LogP contribution in [0.15, 0.2) is 23.1 Å². The predicted molar refractivity (Wildman–Crippen MR) is 78.9 cm³/mol. The van der Waals surface area contributed by atoms with Gasteiger partial charge in [0.15, 0.2) is 0 Å². The molecule has 1 unspecified atom stereocenters. The van der Waals surface area contributed by atoms with E-state index in [2.05, 4.69) is 0 Å². The Balaban J connectivity index is 2.47. The third-order valence-corrected chi connectivity index (χ3v) is 5.72.